The summed E-state index contributed by atoms with van der Waals surface area (Å²) >= 11 is 0. The lowest BCUT2D eigenvalue weighted by molar-refractivity contribution is -0.125. The molecule has 1 saturated carbocycles. The summed E-state index contributed by atoms with van der Waals surface area (Å²) < 4.78 is 0. The Morgan fingerprint density at radius 1 is 1.30 bits per heavy atom. The molecular formula is C16H19NO3. The predicted octanol–water partition coefficient (Wildman–Crippen LogP) is 1.62. The van der Waals surface area contributed by atoms with Crippen molar-refractivity contribution in [3.8, 4) is 11.5 Å². The van der Waals surface area contributed by atoms with Gasteiger partial charge in [0.25, 0.3) is 0 Å². The number of fused-ring (bicyclic) bond motifs is 1. The van der Waals surface area contributed by atoms with E-state index in [1.54, 1.807) is 6.07 Å². The minimum Gasteiger partial charge on any atom is -0.504 e. The van der Waals surface area contributed by atoms with E-state index in [0.717, 1.165) is 36.9 Å². The highest BCUT2D eigenvalue weighted by Gasteiger charge is 2.53. The SMILES string of the molecule is O=C1CC[C@H]2[C@H]3Cc4c(ccc(O)c4O)[C@@]2(CCN3)C1. The van der Waals surface area contributed by atoms with Gasteiger partial charge in [-0.05, 0) is 43.4 Å². The van der Waals surface area contributed by atoms with E-state index in [9.17, 15) is 15.0 Å². The fraction of sp³-hybridized carbons (Fsp3) is 0.562. The summed E-state index contributed by atoms with van der Waals surface area (Å²) in [7, 11) is 0. The minimum atomic E-state index is -0.121. The Morgan fingerprint density at radius 2 is 2.15 bits per heavy atom. The average molecular weight is 273 g/mol. The van der Waals surface area contributed by atoms with E-state index in [1.165, 1.54) is 0 Å². The Labute approximate surface area is 117 Å². The van der Waals surface area contributed by atoms with Crippen molar-refractivity contribution in [3.05, 3.63) is 23.3 Å². The number of carbonyl (C=O) groups excluding carboxylic acids is 1. The standard InChI is InChI=1S/C16H19NO3/c18-9-1-2-12-13-7-10-11(3-4-14(19)15(10)20)16(12,8-9)5-6-17-13/h3-4,12-13,17,19-20H,1-2,5-8H2/t12-,13+,16+/m0/s1. The van der Waals surface area contributed by atoms with Gasteiger partial charge in [0.2, 0.25) is 0 Å². The van der Waals surface area contributed by atoms with Crippen LogP contribution in [-0.4, -0.2) is 28.6 Å². The zero-order valence-electron chi connectivity index (χ0n) is 11.4. The van der Waals surface area contributed by atoms with Gasteiger partial charge in [0.1, 0.15) is 5.78 Å². The monoisotopic (exact) mass is 273 g/mol. The van der Waals surface area contributed by atoms with E-state index in [4.69, 9.17) is 0 Å². The number of hydrogen-bond acceptors (Lipinski definition) is 4. The van der Waals surface area contributed by atoms with Crippen molar-refractivity contribution in [1.82, 2.24) is 5.32 Å². The van der Waals surface area contributed by atoms with Crippen LogP contribution in [0.3, 0.4) is 0 Å². The third kappa shape index (κ3) is 1.43. The summed E-state index contributed by atoms with van der Waals surface area (Å²) in [5.74, 6) is 0.763. The van der Waals surface area contributed by atoms with Crippen molar-refractivity contribution >= 4 is 5.78 Å². The molecular weight excluding hydrogens is 254 g/mol. The summed E-state index contributed by atoms with van der Waals surface area (Å²) in [6.07, 6.45) is 3.90. The zero-order valence-corrected chi connectivity index (χ0v) is 11.4. The molecule has 4 nitrogen and oxygen atoms in total. The van der Waals surface area contributed by atoms with Crippen molar-refractivity contribution < 1.29 is 15.0 Å². The van der Waals surface area contributed by atoms with E-state index in [-0.39, 0.29) is 16.9 Å². The molecule has 0 unspecified atom stereocenters. The van der Waals surface area contributed by atoms with Gasteiger partial charge in [-0.15, -0.1) is 0 Å². The van der Waals surface area contributed by atoms with Crippen molar-refractivity contribution in [2.24, 2.45) is 5.92 Å². The Balaban J connectivity index is 1.94. The van der Waals surface area contributed by atoms with Gasteiger partial charge in [-0.1, -0.05) is 6.07 Å². The predicted molar refractivity (Wildman–Crippen MR) is 73.9 cm³/mol. The van der Waals surface area contributed by atoms with E-state index < -0.39 is 0 Å². The smallest absolute Gasteiger partial charge is 0.161 e. The maximum Gasteiger partial charge on any atom is 0.161 e. The van der Waals surface area contributed by atoms with Crippen LogP contribution in [0.1, 0.15) is 36.8 Å². The van der Waals surface area contributed by atoms with Gasteiger partial charge in [0.05, 0.1) is 0 Å². The number of Topliss-reactive ketones (excluding diaryl/α,β-unsaturated/α-hetero) is 1. The number of phenols is 2. The number of phenolic OH excluding ortho intramolecular Hbond substituents is 2. The van der Waals surface area contributed by atoms with Gasteiger partial charge in [-0.25, -0.2) is 0 Å². The van der Waals surface area contributed by atoms with Crippen LogP contribution in [-0.2, 0) is 16.6 Å². The lowest BCUT2D eigenvalue weighted by atomic mass is 9.52. The fourth-order valence-corrected chi connectivity index (χ4v) is 4.81. The van der Waals surface area contributed by atoms with E-state index in [2.05, 4.69) is 5.32 Å². The minimum absolute atomic E-state index is 0.00653. The molecule has 0 aromatic heterocycles. The van der Waals surface area contributed by atoms with Gasteiger partial charge in [-0.3, -0.25) is 4.79 Å². The molecule has 3 N–H and O–H groups in total. The van der Waals surface area contributed by atoms with E-state index in [1.807, 2.05) is 6.07 Å². The maximum absolute atomic E-state index is 12.0. The largest absolute Gasteiger partial charge is 0.504 e. The molecule has 0 spiro atoms. The summed E-state index contributed by atoms with van der Waals surface area (Å²) in [4.78, 5) is 12.0. The fourth-order valence-electron chi connectivity index (χ4n) is 4.81. The second-order valence-electron chi connectivity index (χ2n) is 6.49. The number of nitrogens with one attached hydrogen (secondary N) is 1. The number of hydrogen-bond donors (Lipinski definition) is 3. The number of carbonyl (C=O) groups is 1. The van der Waals surface area contributed by atoms with Crippen molar-refractivity contribution in [2.75, 3.05) is 6.54 Å². The molecule has 0 amide bonds. The molecule has 2 aliphatic carbocycles. The Hall–Kier alpha value is -1.55. The Bertz CT molecular complexity index is 598. The van der Waals surface area contributed by atoms with Crippen LogP contribution in [0.2, 0.25) is 0 Å². The van der Waals surface area contributed by atoms with Crippen molar-refractivity contribution in [1.29, 1.82) is 0 Å². The van der Waals surface area contributed by atoms with Crippen LogP contribution in [0, 0.1) is 5.92 Å². The van der Waals surface area contributed by atoms with Crippen molar-refractivity contribution in [2.45, 2.75) is 43.6 Å². The normalized spacial score (nSPS) is 35.3. The first-order chi connectivity index (χ1) is 9.62. The molecule has 3 aliphatic rings. The van der Waals surface area contributed by atoms with Crippen LogP contribution in [0.25, 0.3) is 0 Å². The number of benzene rings is 1. The zero-order chi connectivity index (χ0) is 13.9. The molecule has 1 aliphatic heterocycles. The van der Waals surface area contributed by atoms with E-state index >= 15 is 0 Å². The molecule has 1 heterocycles. The second kappa shape index (κ2) is 3.98. The molecule has 1 aromatic rings. The van der Waals surface area contributed by atoms with Gasteiger partial charge in [0.15, 0.2) is 11.5 Å². The van der Waals surface area contributed by atoms with Crippen molar-refractivity contribution in [3.63, 3.8) is 0 Å². The lowest BCUT2D eigenvalue weighted by Gasteiger charge is -2.55. The van der Waals surface area contributed by atoms with Crippen LogP contribution in [0.15, 0.2) is 12.1 Å². The average Bonchev–Trinajstić information content (AvgIpc) is 2.42. The molecule has 4 heteroatoms. The number of piperidine rings is 1. The maximum atomic E-state index is 12.0. The molecule has 20 heavy (non-hydrogen) atoms. The highest BCUT2D eigenvalue weighted by Crippen LogP contribution is 2.55. The highest BCUT2D eigenvalue weighted by atomic mass is 16.3. The Morgan fingerprint density at radius 3 is 3.00 bits per heavy atom. The molecule has 3 atom stereocenters. The molecule has 4 rings (SSSR count). The van der Waals surface area contributed by atoms with Crippen LogP contribution in [0.4, 0.5) is 0 Å². The quantitative estimate of drug-likeness (QED) is 0.628. The van der Waals surface area contributed by atoms with Crippen LogP contribution in [0.5, 0.6) is 11.5 Å². The summed E-state index contributed by atoms with van der Waals surface area (Å²) in [5.41, 5.74) is 1.82. The third-order valence-electron chi connectivity index (χ3n) is 5.64. The van der Waals surface area contributed by atoms with Gasteiger partial charge < -0.3 is 15.5 Å². The van der Waals surface area contributed by atoms with Gasteiger partial charge in [-0.2, -0.15) is 0 Å². The molecule has 0 radical (unpaired) electrons. The van der Waals surface area contributed by atoms with Gasteiger partial charge in [0, 0.05) is 29.9 Å². The molecule has 1 saturated heterocycles. The molecule has 2 fully saturated rings. The Kier molecular flexibility index (Phi) is 2.43. The first-order valence-corrected chi connectivity index (χ1v) is 7.41. The summed E-state index contributed by atoms with van der Waals surface area (Å²) in [6.45, 7) is 0.926. The highest BCUT2D eigenvalue weighted by molar-refractivity contribution is 5.82. The van der Waals surface area contributed by atoms with Gasteiger partial charge >= 0.3 is 0 Å². The third-order valence-corrected chi connectivity index (χ3v) is 5.64. The van der Waals surface area contributed by atoms with Crippen LogP contribution < -0.4 is 5.32 Å². The first-order valence-electron chi connectivity index (χ1n) is 7.41. The molecule has 1 aromatic carbocycles. The number of aromatic hydroxyl groups is 2. The molecule has 106 valence electrons. The summed E-state index contributed by atoms with van der Waals surface area (Å²) in [5, 5.41) is 23.5. The van der Waals surface area contributed by atoms with E-state index in [0.29, 0.717) is 30.6 Å². The molecule has 2 bridgehead atoms. The lowest BCUT2D eigenvalue weighted by Crippen LogP contribution is -2.60. The summed E-state index contributed by atoms with van der Waals surface area (Å²) in [6, 6.07) is 3.82. The van der Waals surface area contributed by atoms with Crippen LogP contribution >= 0.6 is 0 Å². The first kappa shape index (κ1) is 12.2. The number of ketones is 1. The second-order valence-corrected chi connectivity index (χ2v) is 6.49. The number of rotatable bonds is 0. The topological polar surface area (TPSA) is 69.6 Å².